The molecule has 2 aliphatic rings. The van der Waals surface area contributed by atoms with Crippen LogP contribution in [0.4, 0.5) is 0 Å². The zero-order valence-corrected chi connectivity index (χ0v) is 12.6. The van der Waals surface area contributed by atoms with E-state index in [9.17, 15) is 14.4 Å². The number of nitrogens with zero attached hydrogens (tertiary/aromatic N) is 2. The van der Waals surface area contributed by atoms with E-state index < -0.39 is 5.97 Å². The summed E-state index contributed by atoms with van der Waals surface area (Å²) in [5.74, 6) is -0.966. The molecule has 2 saturated heterocycles. The van der Waals surface area contributed by atoms with E-state index >= 15 is 0 Å². The minimum atomic E-state index is -0.817. The standard InChI is InChI=1S/C15H24N2O4/c1-16-9-7-11(10-13(16)18)15(21)17-8-3-2-4-12(17)5-6-14(19)20/h11-12H,2-10H2,1H3,(H,19,20). The van der Waals surface area contributed by atoms with Crippen molar-refractivity contribution in [2.45, 2.75) is 51.0 Å². The number of likely N-dealkylation sites (tertiary alicyclic amines) is 2. The SMILES string of the molecule is CN1CCC(C(=O)N2CCCCC2CCC(=O)O)CC1=O. The number of carbonyl (C=O) groups is 3. The summed E-state index contributed by atoms with van der Waals surface area (Å²) in [5.41, 5.74) is 0. The van der Waals surface area contributed by atoms with Crippen LogP contribution in [0.3, 0.4) is 0 Å². The molecule has 6 nitrogen and oxygen atoms in total. The number of piperidine rings is 2. The van der Waals surface area contributed by atoms with Gasteiger partial charge in [0, 0.05) is 44.9 Å². The maximum absolute atomic E-state index is 12.7. The number of rotatable bonds is 4. The van der Waals surface area contributed by atoms with E-state index in [-0.39, 0.29) is 36.6 Å². The predicted octanol–water partition coefficient (Wildman–Crippen LogP) is 1.10. The van der Waals surface area contributed by atoms with Gasteiger partial charge in [0.25, 0.3) is 0 Å². The molecule has 1 N–H and O–H groups in total. The van der Waals surface area contributed by atoms with Crippen LogP contribution in [-0.2, 0) is 14.4 Å². The molecule has 0 aromatic rings. The topological polar surface area (TPSA) is 77.9 Å². The van der Waals surface area contributed by atoms with Crippen LogP contribution in [0, 0.1) is 5.92 Å². The number of carbonyl (C=O) groups excluding carboxylic acids is 2. The van der Waals surface area contributed by atoms with Crippen LogP contribution in [0.25, 0.3) is 0 Å². The second-order valence-electron chi connectivity index (χ2n) is 6.12. The molecule has 2 amide bonds. The quantitative estimate of drug-likeness (QED) is 0.842. The molecule has 21 heavy (non-hydrogen) atoms. The van der Waals surface area contributed by atoms with Crippen LogP contribution in [0.1, 0.15) is 44.9 Å². The zero-order valence-electron chi connectivity index (χ0n) is 12.6. The van der Waals surface area contributed by atoms with Crippen molar-refractivity contribution >= 4 is 17.8 Å². The van der Waals surface area contributed by atoms with Gasteiger partial charge in [0.05, 0.1) is 0 Å². The van der Waals surface area contributed by atoms with Gasteiger partial charge in [-0.2, -0.15) is 0 Å². The Bertz CT molecular complexity index is 424. The van der Waals surface area contributed by atoms with Crippen molar-refractivity contribution in [1.82, 2.24) is 9.80 Å². The molecule has 0 radical (unpaired) electrons. The molecule has 0 aromatic heterocycles. The van der Waals surface area contributed by atoms with Crippen molar-refractivity contribution in [3.8, 4) is 0 Å². The summed E-state index contributed by atoms with van der Waals surface area (Å²) < 4.78 is 0. The van der Waals surface area contributed by atoms with E-state index in [1.165, 1.54) is 0 Å². The molecule has 6 heteroatoms. The number of amides is 2. The van der Waals surface area contributed by atoms with Crippen molar-refractivity contribution in [2.24, 2.45) is 5.92 Å². The monoisotopic (exact) mass is 296 g/mol. The summed E-state index contributed by atoms with van der Waals surface area (Å²) in [4.78, 5) is 38.7. The van der Waals surface area contributed by atoms with Crippen molar-refractivity contribution in [3.05, 3.63) is 0 Å². The lowest BCUT2D eigenvalue weighted by atomic mass is 9.91. The Hall–Kier alpha value is -1.59. The summed E-state index contributed by atoms with van der Waals surface area (Å²) in [6.45, 7) is 1.33. The summed E-state index contributed by atoms with van der Waals surface area (Å²) in [7, 11) is 1.76. The van der Waals surface area contributed by atoms with Crippen molar-refractivity contribution in [1.29, 1.82) is 0 Å². The second-order valence-corrected chi connectivity index (χ2v) is 6.12. The molecule has 2 atom stereocenters. The van der Waals surface area contributed by atoms with Gasteiger partial charge in [0.2, 0.25) is 11.8 Å². The third kappa shape index (κ3) is 3.95. The molecule has 2 aliphatic heterocycles. The highest BCUT2D eigenvalue weighted by Crippen LogP contribution is 2.26. The molecule has 2 rings (SSSR count). The Kier molecular flexibility index (Phi) is 5.20. The highest BCUT2D eigenvalue weighted by atomic mass is 16.4. The van der Waals surface area contributed by atoms with E-state index in [0.717, 1.165) is 19.3 Å². The molecule has 0 spiro atoms. The Morgan fingerprint density at radius 3 is 2.67 bits per heavy atom. The first kappa shape index (κ1) is 15.8. The highest BCUT2D eigenvalue weighted by molar-refractivity contribution is 5.87. The molecule has 118 valence electrons. The number of aliphatic carboxylic acids is 1. The van der Waals surface area contributed by atoms with Crippen molar-refractivity contribution in [3.63, 3.8) is 0 Å². The summed E-state index contributed by atoms with van der Waals surface area (Å²) >= 11 is 0. The summed E-state index contributed by atoms with van der Waals surface area (Å²) in [6.07, 6.45) is 4.50. The van der Waals surface area contributed by atoms with E-state index in [0.29, 0.717) is 25.9 Å². The third-order valence-electron chi connectivity index (χ3n) is 4.61. The molecular formula is C15H24N2O4. The number of hydrogen-bond acceptors (Lipinski definition) is 3. The van der Waals surface area contributed by atoms with Gasteiger partial charge in [-0.05, 0) is 32.1 Å². The fourth-order valence-corrected chi connectivity index (χ4v) is 3.27. The lowest BCUT2D eigenvalue weighted by Crippen LogP contribution is -2.49. The van der Waals surface area contributed by atoms with Crippen LogP contribution in [0.2, 0.25) is 0 Å². The minimum absolute atomic E-state index is 0.0251. The molecule has 2 unspecified atom stereocenters. The van der Waals surface area contributed by atoms with Crippen LogP contribution >= 0.6 is 0 Å². The summed E-state index contributed by atoms with van der Waals surface area (Å²) in [5, 5.41) is 8.83. The van der Waals surface area contributed by atoms with Gasteiger partial charge in [-0.3, -0.25) is 14.4 Å². The normalized spacial score (nSPS) is 26.8. The average molecular weight is 296 g/mol. The van der Waals surface area contributed by atoms with E-state index in [2.05, 4.69) is 0 Å². The first-order valence-electron chi connectivity index (χ1n) is 7.75. The molecule has 2 heterocycles. The first-order valence-corrected chi connectivity index (χ1v) is 7.75. The van der Waals surface area contributed by atoms with Crippen molar-refractivity contribution in [2.75, 3.05) is 20.1 Å². The Labute approximate surface area is 125 Å². The smallest absolute Gasteiger partial charge is 0.303 e. The van der Waals surface area contributed by atoms with Gasteiger partial charge in [0.1, 0.15) is 0 Å². The van der Waals surface area contributed by atoms with Crippen LogP contribution in [-0.4, -0.2) is 58.9 Å². The van der Waals surface area contributed by atoms with Gasteiger partial charge >= 0.3 is 5.97 Å². The Morgan fingerprint density at radius 1 is 1.24 bits per heavy atom. The molecule has 0 aliphatic carbocycles. The van der Waals surface area contributed by atoms with E-state index in [1.54, 1.807) is 11.9 Å². The zero-order chi connectivity index (χ0) is 15.4. The molecule has 0 bridgehead atoms. The van der Waals surface area contributed by atoms with Gasteiger partial charge < -0.3 is 14.9 Å². The van der Waals surface area contributed by atoms with Crippen LogP contribution < -0.4 is 0 Å². The first-order chi connectivity index (χ1) is 9.99. The van der Waals surface area contributed by atoms with Crippen molar-refractivity contribution < 1.29 is 19.5 Å². The van der Waals surface area contributed by atoms with Gasteiger partial charge in [-0.25, -0.2) is 0 Å². The molecular weight excluding hydrogens is 272 g/mol. The lowest BCUT2D eigenvalue weighted by Gasteiger charge is -2.39. The van der Waals surface area contributed by atoms with Crippen LogP contribution in [0.5, 0.6) is 0 Å². The van der Waals surface area contributed by atoms with E-state index in [4.69, 9.17) is 5.11 Å². The molecule has 0 saturated carbocycles. The minimum Gasteiger partial charge on any atom is -0.481 e. The van der Waals surface area contributed by atoms with Gasteiger partial charge in [-0.15, -0.1) is 0 Å². The number of carboxylic acid groups (broad SMARTS) is 1. The third-order valence-corrected chi connectivity index (χ3v) is 4.61. The maximum Gasteiger partial charge on any atom is 0.303 e. The van der Waals surface area contributed by atoms with E-state index in [1.807, 2.05) is 4.90 Å². The Balaban J connectivity index is 1.97. The summed E-state index contributed by atoms with van der Waals surface area (Å²) in [6, 6.07) is 0.0251. The Morgan fingerprint density at radius 2 is 2.00 bits per heavy atom. The number of hydrogen-bond donors (Lipinski definition) is 1. The van der Waals surface area contributed by atoms with Crippen LogP contribution in [0.15, 0.2) is 0 Å². The number of carboxylic acids is 1. The fourth-order valence-electron chi connectivity index (χ4n) is 3.27. The average Bonchev–Trinajstić information content (AvgIpc) is 2.47. The largest absolute Gasteiger partial charge is 0.481 e. The fraction of sp³-hybridized carbons (Fsp3) is 0.800. The second kappa shape index (κ2) is 6.91. The highest BCUT2D eigenvalue weighted by Gasteiger charge is 2.35. The lowest BCUT2D eigenvalue weighted by molar-refractivity contribution is -0.147. The maximum atomic E-state index is 12.7. The molecule has 0 aromatic carbocycles. The van der Waals surface area contributed by atoms with Gasteiger partial charge in [0.15, 0.2) is 0 Å². The van der Waals surface area contributed by atoms with Gasteiger partial charge in [-0.1, -0.05) is 0 Å². The molecule has 2 fully saturated rings. The predicted molar refractivity (Wildman–Crippen MR) is 76.6 cm³/mol.